The first kappa shape index (κ1) is 10.9. The summed E-state index contributed by atoms with van der Waals surface area (Å²) < 4.78 is 0. The minimum atomic E-state index is 0.472. The van der Waals surface area contributed by atoms with Crippen LogP contribution < -0.4 is 4.90 Å². The van der Waals surface area contributed by atoms with Crippen molar-refractivity contribution in [2.24, 2.45) is 5.92 Å². The number of aryl methyl sites for hydroxylation is 1. The summed E-state index contributed by atoms with van der Waals surface area (Å²) in [6, 6.07) is 5.95. The number of fused-ring (bicyclic) bond motifs is 1. The lowest BCUT2D eigenvalue weighted by Gasteiger charge is -2.33. The molecular formula is C15H21NO. The van der Waals surface area contributed by atoms with E-state index < -0.39 is 0 Å². The molecule has 0 aromatic heterocycles. The van der Waals surface area contributed by atoms with Crippen LogP contribution in [0.25, 0.3) is 0 Å². The zero-order chi connectivity index (χ0) is 11.7. The van der Waals surface area contributed by atoms with Crippen molar-refractivity contribution in [2.75, 3.05) is 18.0 Å². The Hall–Kier alpha value is -1.18. The zero-order valence-corrected chi connectivity index (χ0v) is 10.4. The fourth-order valence-electron chi connectivity index (χ4n) is 3.40. The molecule has 0 atom stereocenters. The Labute approximate surface area is 103 Å². The van der Waals surface area contributed by atoms with Crippen LogP contribution in [0.4, 0.5) is 5.69 Å². The Bertz CT molecular complexity index is 396. The molecule has 0 saturated heterocycles. The van der Waals surface area contributed by atoms with Gasteiger partial charge in [-0.2, -0.15) is 0 Å². The average molecular weight is 231 g/mol. The Morgan fingerprint density at radius 1 is 1.18 bits per heavy atom. The molecule has 2 nitrogen and oxygen atoms in total. The van der Waals surface area contributed by atoms with E-state index in [1.54, 1.807) is 0 Å². The lowest BCUT2D eigenvalue weighted by atomic mass is 9.99. The van der Waals surface area contributed by atoms with Crippen LogP contribution in [0.2, 0.25) is 0 Å². The Kier molecular flexibility index (Phi) is 2.96. The molecule has 1 saturated carbocycles. The highest BCUT2D eigenvalue weighted by Gasteiger charge is 2.24. The van der Waals surface area contributed by atoms with Gasteiger partial charge in [-0.15, -0.1) is 0 Å². The number of benzene rings is 1. The molecule has 17 heavy (non-hydrogen) atoms. The minimum Gasteiger partial charge on any atom is -0.506 e. The van der Waals surface area contributed by atoms with Gasteiger partial charge in [0.15, 0.2) is 0 Å². The van der Waals surface area contributed by atoms with Crippen LogP contribution >= 0.6 is 0 Å². The summed E-state index contributed by atoms with van der Waals surface area (Å²) >= 11 is 0. The molecule has 2 heteroatoms. The van der Waals surface area contributed by atoms with Crippen LogP contribution in [-0.2, 0) is 6.42 Å². The largest absolute Gasteiger partial charge is 0.506 e. The fourth-order valence-corrected chi connectivity index (χ4v) is 3.40. The second-order valence-electron chi connectivity index (χ2n) is 5.48. The molecule has 2 aliphatic rings. The zero-order valence-electron chi connectivity index (χ0n) is 10.4. The van der Waals surface area contributed by atoms with E-state index in [2.05, 4.69) is 11.0 Å². The lowest BCUT2D eigenvalue weighted by Crippen LogP contribution is -2.33. The number of phenols is 1. The van der Waals surface area contributed by atoms with Crippen LogP contribution in [0.5, 0.6) is 5.75 Å². The Morgan fingerprint density at radius 3 is 2.82 bits per heavy atom. The predicted octanol–water partition coefficient (Wildman–Crippen LogP) is 3.34. The third-order valence-corrected chi connectivity index (χ3v) is 4.24. The van der Waals surface area contributed by atoms with Gasteiger partial charge in [0.05, 0.1) is 5.69 Å². The van der Waals surface area contributed by atoms with Gasteiger partial charge in [-0.25, -0.2) is 0 Å². The second kappa shape index (κ2) is 4.59. The summed E-state index contributed by atoms with van der Waals surface area (Å²) in [7, 11) is 0. The van der Waals surface area contributed by atoms with Gasteiger partial charge in [0, 0.05) is 13.1 Å². The quantitative estimate of drug-likeness (QED) is 0.844. The van der Waals surface area contributed by atoms with E-state index in [0.717, 1.165) is 31.1 Å². The molecule has 1 aromatic carbocycles. The molecule has 0 spiro atoms. The molecular weight excluding hydrogens is 210 g/mol. The monoisotopic (exact) mass is 231 g/mol. The van der Waals surface area contributed by atoms with Crippen LogP contribution in [0.1, 0.15) is 37.7 Å². The molecule has 1 aliphatic carbocycles. The van der Waals surface area contributed by atoms with Crippen molar-refractivity contribution in [3.8, 4) is 5.75 Å². The van der Waals surface area contributed by atoms with Gasteiger partial charge in [-0.05, 0) is 43.2 Å². The van der Waals surface area contributed by atoms with Crippen LogP contribution in [0.3, 0.4) is 0 Å². The number of rotatable bonds is 2. The molecule has 1 heterocycles. The molecule has 1 aliphatic heterocycles. The van der Waals surface area contributed by atoms with Crippen LogP contribution in [0, 0.1) is 5.92 Å². The van der Waals surface area contributed by atoms with E-state index in [4.69, 9.17) is 0 Å². The first-order valence-electron chi connectivity index (χ1n) is 6.90. The van der Waals surface area contributed by atoms with Gasteiger partial charge >= 0.3 is 0 Å². The normalized spacial score (nSPS) is 20.6. The van der Waals surface area contributed by atoms with Gasteiger partial charge in [0.1, 0.15) is 5.75 Å². The van der Waals surface area contributed by atoms with Crippen molar-refractivity contribution in [1.82, 2.24) is 0 Å². The lowest BCUT2D eigenvalue weighted by molar-refractivity contribution is 0.462. The van der Waals surface area contributed by atoms with Gasteiger partial charge < -0.3 is 10.0 Å². The van der Waals surface area contributed by atoms with Crippen molar-refractivity contribution in [3.05, 3.63) is 23.8 Å². The summed E-state index contributed by atoms with van der Waals surface area (Å²) in [5.74, 6) is 1.32. The predicted molar refractivity (Wildman–Crippen MR) is 70.6 cm³/mol. The molecule has 0 bridgehead atoms. The van der Waals surface area contributed by atoms with Crippen molar-refractivity contribution >= 4 is 5.69 Å². The second-order valence-corrected chi connectivity index (χ2v) is 5.48. The third kappa shape index (κ3) is 2.13. The molecule has 0 unspecified atom stereocenters. The summed E-state index contributed by atoms with van der Waals surface area (Å²) in [5, 5.41) is 10.1. The van der Waals surface area contributed by atoms with E-state index in [1.807, 2.05) is 12.1 Å². The van der Waals surface area contributed by atoms with Gasteiger partial charge in [-0.1, -0.05) is 25.0 Å². The number of para-hydroxylation sites is 1. The number of phenolic OH excluding ortho intramolecular Hbond substituents is 1. The van der Waals surface area contributed by atoms with Gasteiger partial charge in [0.2, 0.25) is 0 Å². The van der Waals surface area contributed by atoms with E-state index in [1.165, 1.54) is 37.7 Å². The average Bonchev–Trinajstić information content (AvgIpc) is 2.82. The SMILES string of the molecule is Oc1cccc2c1N(CC1CCCC1)CCC2. The summed E-state index contributed by atoms with van der Waals surface area (Å²) in [6.07, 6.45) is 7.88. The van der Waals surface area contributed by atoms with Gasteiger partial charge in [-0.3, -0.25) is 0 Å². The molecule has 1 N–H and O–H groups in total. The molecule has 92 valence electrons. The summed E-state index contributed by atoms with van der Waals surface area (Å²) in [5.41, 5.74) is 2.44. The van der Waals surface area contributed by atoms with Crippen LogP contribution in [-0.4, -0.2) is 18.2 Å². The summed E-state index contributed by atoms with van der Waals surface area (Å²) in [4.78, 5) is 2.42. The molecule has 0 radical (unpaired) electrons. The highest BCUT2D eigenvalue weighted by Crippen LogP contribution is 2.37. The smallest absolute Gasteiger partial charge is 0.139 e. The van der Waals surface area contributed by atoms with Gasteiger partial charge in [0.25, 0.3) is 0 Å². The maximum atomic E-state index is 10.1. The van der Waals surface area contributed by atoms with E-state index in [9.17, 15) is 5.11 Å². The Balaban J connectivity index is 1.83. The van der Waals surface area contributed by atoms with Crippen molar-refractivity contribution < 1.29 is 5.11 Å². The molecule has 1 aromatic rings. The maximum Gasteiger partial charge on any atom is 0.139 e. The molecule has 3 rings (SSSR count). The summed E-state index contributed by atoms with van der Waals surface area (Å²) in [6.45, 7) is 2.26. The topological polar surface area (TPSA) is 23.5 Å². The van der Waals surface area contributed by atoms with Crippen molar-refractivity contribution in [1.29, 1.82) is 0 Å². The van der Waals surface area contributed by atoms with E-state index in [0.29, 0.717) is 5.75 Å². The standard InChI is InChI=1S/C15H21NO/c17-14-9-3-7-13-8-4-10-16(15(13)14)11-12-5-1-2-6-12/h3,7,9,12,17H,1-2,4-6,8,10-11H2. The number of hydrogen-bond donors (Lipinski definition) is 1. The first-order valence-corrected chi connectivity index (χ1v) is 6.90. The number of anilines is 1. The van der Waals surface area contributed by atoms with E-state index >= 15 is 0 Å². The highest BCUT2D eigenvalue weighted by molar-refractivity contribution is 5.64. The highest BCUT2D eigenvalue weighted by atomic mass is 16.3. The fraction of sp³-hybridized carbons (Fsp3) is 0.600. The molecule has 0 amide bonds. The minimum absolute atomic E-state index is 0.472. The number of nitrogens with zero attached hydrogens (tertiary/aromatic N) is 1. The van der Waals surface area contributed by atoms with Crippen molar-refractivity contribution in [2.45, 2.75) is 38.5 Å². The van der Waals surface area contributed by atoms with Crippen LogP contribution in [0.15, 0.2) is 18.2 Å². The molecule has 1 fully saturated rings. The van der Waals surface area contributed by atoms with Crippen molar-refractivity contribution in [3.63, 3.8) is 0 Å². The number of hydrogen-bond acceptors (Lipinski definition) is 2. The third-order valence-electron chi connectivity index (χ3n) is 4.24. The first-order chi connectivity index (χ1) is 8.34. The number of aromatic hydroxyl groups is 1. The Morgan fingerprint density at radius 2 is 2.00 bits per heavy atom. The van der Waals surface area contributed by atoms with E-state index in [-0.39, 0.29) is 0 Å². The maximum absolute atomic E-state index is 10.1.